The number of anilines is 2. The van der Waals surface area contributed by atoms with Gasteiger partial charge in [0.1, 0.15) is 11.6 Å². The number of nitrogens with two attached hydrogens (primary N) is 1. The summed E-state index contributed by atoms with van der Waals surface area (Å²) in [5, 5.41) is 2.92. The summed E-state index contributed by atoms with van der Waals surface area (Å²) in [6.45, 7) is 0.628. The minimum Gasteiger partial charge on any atom is -0.370 e. The van der Waals surface area contributed by atoms with E-state index < -0.39 is 11.7 Å². The van der Waals surface area contributed by atoms with E-state index in [-0.39, 0.29) is 11.6 Å². The van der Waals surface area contributed by atoms with Gasteiger partial charge in [0.25, 0.3) is 0 Å². The summed E-state index contributed by atoms with van der Waals surface area (Å²) in [4.78, 5) is 3.96. The van der Waals surface area contributed by atoms with Crippen LogP contribution < -0.4 is 16.6 Å². The van der Waals surface area contributed by atoms with E-state index in [0.717, 1.165) is 18.6 Å². The van der Waals surface area contributed by atoms with E-state index in [1.165, 1.54) is 19.3 Å². The van der Waals surface area contributed by atoms with Gasteiger partial charge in [0, 0.05) is 6.54 Å². The zero-order chi connectivity index (χ0) is 13.9. The Balaban J connectivity index is 2.01. The molecule has 4 N–H and O–H groups in total. The Hall–Kier alpha value is -1.50. The molecule has 0 bridgehead atoms. The fraction of sp³-hybridized carbons (Fsp3) is 0.583. The Labute approximate surface area is 109 Å². The number of hydrogen-bond acceptors (Lipinski definition) is 4. The lowest BCUT2D eigenvalue weighted by molar-refractivity contribution is -0.137. The molecular weight excluding hydrogens is 257 g/mol. The van der Waals surface area contributed by atoms with Gasteiger partial charge in [-0.15, -0.1) is 0 Å². The number of aromatic nitrogens is 1. The number of halogens is 3. The van der Waals surface area contributed by atoms with E-state index in [0.29, 0.717) is 12.5 Å². The average Bonchev–Trinajstić information content (AvgIpc) is 2.31. The standard InChI is InChI=1S/C12H17F3N4/c13-12(14,15)9-6-10(18-11(7-9)19-16)17-5-4-8-2-1-3-8/h6-8H,1-5,16H2,(H2,17,18,19). The summed E-state index contributed by atoms with van der Waals surface area (Å²) in [7, 11) is 0. The number of pyridine rings is 1. The molecule has 1 aromatic rings. The van der Waals surface area contributed by atoms with Crippen LogP contribution in [0.2, 0.25) is 0 Å². The van der Waals surface area contributed by atoms with E-state index in [1.54, 1.807) is 0 Å². The number of hydrogen-bond donors (Lipinski definition) is 3. The van der Waals surface area contributed by atoms with E-state index in [9.17, 15) is 13.2 Å². The Kier molecular flexibility index (Phi) is 4.14. The van der Waals surface area contributed by atoms with Crippen molar-refractivity contribution in [3.05, 3.63) is 17.7 Å². The highest BCUT2D eigenvalue weighted by Crippen LogP contribution is 2.32. The van der Waals surface area contributed by atoms with E-state index in [2.05, 4.69) is 15.7 Å². The summed E-state index contributed by atoms with van der Waals surface area (Å²) in [6, 6.07) is 1.89. The van der Waals surface area contributed by atoms with Gasteiger partial charge in [0.2, 0.25) is 0 Å². The third-order valence-corrected chi connectivity index (χ3v) is 3.38. The maximum atomic E-state index is 12.7. The fourth-order valence-electron chi connectivity index (χ4n) is 2.04. The van der Waals surface area contributed by atoms with Crippen LogP contribution in [0.4, 0.5) is 24.8 Å². The van der Waals surface area contributed by atoms with Gasteiger partial charge in [0.05, 0.1) is 5.56 Å². The van der Waals surface area contributed by atoms with E-state index in [4.69, 9.17) is 5.84 Å². The van der Waals surface area contributed by atoms with Crippen molar-refractivity contribution in [3.8, 4) is 0 Å². The zero-order valence-corrected chi connectivity index (χ0v) is 10.4. The molecule has 1 aromatic heterocycles. The van der Waals surface area contributed by atoms with E-state index >= 15 is 0 Å². The smallest absolute Gasteiger partial charge is 0.370 e. The molecule has 0 saturated heterocycles. The van der Waals surface area contributed by atoms with Gasteiger partial charge in [-0.2, -0.15) is 13.2 Å². The number of nitrogens with one attached hydrogen (secondary N) is 2. The van der Waals surface area contributed by atoms with Crippen LogP contribution >= 0.6 is 0 Å². The molecule has 1 fully saturated rings. The van der Waals surface area contributed by atoms with Crippen molar-refractivity contribution in [3.63, 3.8) is 0 Å². The molecule has 4 nitrogen and oxygen atoms in total. The molecule has 1 saturated carbocycles. The van der Waals surface area contributed by atoms with Crippen molar-refractivity contribution in [2.24, 2.45) is 11.8 Å². The molecular formula is C12H17F3N4. The number of rotatable bonds is 5. The van der Waals surface area contributed by atoms with Crippen molar-refractivity contribution in [2.45, 2.75) is 31.9 Å². The third-order valence-electron chi connectivity index (χ3n) is 3.38. The average molecular weight is 274 g/mol. The van der Waals surface area contributed by atoms with E-state index in [1.807, 2.05) is 0 Å². The molecule has 106 valence electrons. The van der Waals surface area contributed by atoms with Crippen molar-refractivity contribution in [2.75, 3.05) is 17.3 Å². The lowest BCUT2D eigenvalue weighted by atomic mass is 9.83. The molecule has 0 aromatic carbocycles. The number of nitrogen functional groups attached to an aromatic ring is 1. The minimum atomic E-state index is -4.40. The first kappa shape index (κ1) is 13.9. The number of alkyl halides is 3. The summed E-state index contributed by atoms with van der Waals surface area (Å²) >= 11 is 0. The van der Waals surface area contributed by atoms with Crippen LogP contribution in [0.15, 0.2) is 12.1 Å². The normalized spacial score (nSPS) is 16.0. The highest BCUT2D eigenvalue weighted by molar-refractivity contribution is 5.49. The molecule has 2 rings (SSSR count). The molecule has 0 unspecified atom stereocenters. The molecule has 0 aliphatic heterocycles. The molecule has 1 aliphatic rings. The first-order chi connectivity index (χ1) is 8.99. The second-order valence-electron chi connectivity index (χ2n) is 4.78. The first-order valence-electron chi connectivity index (χ1n) is 6.29. The van der Waals surface area contributed by atoms with Gasteiger partial charge < -0.3 is 10.7 Å². The molecule has 19 heavy (non-hydrogen) atoms. The maximum Gasteiger partial charge on any atom is 0.416 e. The molecule has 1 aliphatic carbocycles. The van der Waals surface area contributed by atoms with Crippen molar-refractivity contribution in [1.82, 2.24) is 4.98 Å². The largest absolute Gasteiger partial charge is 0.416 e. The summed E-state index contributed by atoms with van der Waals surface area (Å²) in [6.07, 6.45) is 0.247. The first-order valence-corrected chi connectivity index (χ1v) is 6.29. The SMILES string of the molecule is NNc1cc(C(F)(F)F)cc(NCCC2CCC2)n1. The lowest BCUT2D eigenvalue weighted by Gasteiger charge is -2.25. The van der Waals surface area contributed by atoms with Gasteiger partial charge in [-0.1, -0.05) is 19.3 Å². The number of hydrazine groups is 1. The van der Waals surface area contributed by atoms with Crippen LogP contribution in [-0.2, 0) is 6.18 Å². The predicted molar refractivity (Wildman–Crippen MR) is 67.5 cm³/mol. The van der Waals surface area contributed by atoms with Gasteiger partial charge in [-0.3, -0.25) is 0 Å². The van der Waals surface area contributed by atoms with Gasteiger partial charge in [0.15, 0.2) is 0 Å². The zero-order valence-electron chi connectivity index (χ0n) is 10.4. The van der Waals surface area contributed by atoms with Crippen molar-refractivity contribution < 1.29 is 13.2 Å². The Bertz CT molecular complexity index is 429. The maximum absolute atomic E-state index is 12.7. The van der Waals surface area contributed by atoms with Gasteiger partial charge in [-0.05, 0) is 24.5 Å². The van der Waals surface area contributed by atoms with Crippen molar-refractivity contribution >= 4 is 11.6 Å². The molecule has 1 heterocycles. The van der Waals surface area contributed by atoms with Crippen LogP contribution in [0.1, 0.15) is 31.2 Å². The highest BCUT2D eigenvalue weighted by atomic mass is 19.4. The Morgan fingerprint density at radius 3 is 2.47 bits per heavy atom. The van der Waals surface area contributed by atoms with Crippen LogP contribution in [0.3, 0.4) is 0 Å². The van der Waals surface area contributed by atoms with Gasteiger partial charge in [-0.25, -0.2) is 10.8 Å². The molecule has 0 spiro atoms. The van der Waals surface area contributed by atoms with Crippen LogP contribution in [0, 0.1) is 5.92 Å². The molecule has 0 atom stereocenters. The molecule has 7 heteroatoms. The Morgan fingerprint density at radius 2 is 1.95 bits per heavy atom. The highest BCUT2D eigenvalue weighted by Gasteiger charge is 2.31. The van der Waals surface area contributed by atoms with Crippen LogP contribution in [0.5, 0.6) is 0 Å². The molecule has 0 radical (unpaired) electrons. The van der Waals surface area contributed by atoms with Gasteiger partial charge >= 0.3 is 6.18 Å². The second kappa shape index (κ2) is 5.64. The second-order valence-corrected chi connectivity index (χ2v) is 4.78. The quantitative estimate of drug-likeness (QED) is 0.570. The fourth-order valence-corrected chi connectivity index (χ4v) is 2.04. The third kappa shape index (κ3) is 3.73. The Morgan fingerprint density at radius 1 is 1.26 bits per heavy atom. The minimum absolute atomic E-state index is 0.000897. The summed E-state index contributed by atoms with van der Waals surface area (Å²) in [5.74, 6) is 6.03. The summed E-state index contributed by atoms with van der Waals surface area (Å²) in [5.41, 5.74) is 1.39. The molecule has 0 amide bonds. The van der Waals surface area contributed by atoms with Crippen LogP contribution in [-0.4, -0.2) is 11.5 Å². The lowest BCUT2D eigenvalue weighted by Crippen LogP contribution is -2.17. The number of nitrogens with zero attached hydrogens (tertiary/aromatic N) is 1. The monoisotopic (exact) mass is 274 g/mol. The topological polar surface area (TPSA) is 63.0 Å². The van der Waals surface area contributed by atoms with Crippen molar-refractivity contribution in [1.29, 1.82) is 0 Å². The van der Waals surface area contributed by atoms with Crippen LogP contribution in [0.25, 0.3) is 0 Å². The predicted octanol–water partition coefficient (Wildman–Crippen LogP) is 2.99. The summed E-state index contributed by atoms with van der Waals surface area (Å²) < 4.78 is 38.0.